The Morgan fingerprint density at radius 1 is 1.27 bits per heavy atom. The van der Waals surface area contributed by atoms with Crippen molar-refractivity contribution in [1.29, 1.82) is 0 Å². The minimum absolute atomic E-state index is 0.0628. The van der Waals surface area contributed by atoms with Crippen LogP contribution in [-0.4, -0.2) is 56.0 Å². The average molecular weight is 330 g/mol. The van der Waals surface area contributed by atoms with E-state index in [1.165, 1.54) is 24.7 Å². The fraction of sp³-hybridized carbons (Fsp3) is 0.667. The van der Waals surface area contributed by atoms with Gasteiger partial charge in [-0.15, -0.1) is 0 Å². The van der Waals surface area contributed by atoms with E-state index < -0.39 is 21.2 Å². The summed E-state index contributed by atoms with van der Waals surface area (Å²) < 4.78 is 31.4. The molecule has 0 aliphatic rings. The molecule has 0 aromatic carbocycles. The quantitative estimate of drug-likeness (QED) is 0.730. The molecule has 0 N–H and O–H groups in total. The van der Waals surface area contributed by atoms with E-state index >= 15 is 0 Å². The zero-order valence-electron chi connectivity index (χ0n) is 13.9. The number of furan rings is 1. The van der Waals surface area contributed by atoms with Gasteiger partial charge in [0, 0.05) is 39.5 Å². The van der Waals surface area contributed by atoms with Gasteiger partial charge in [-0.1, -0.05) is 0 Å². The van der Waals surface area contributed by atoms with Crippen LogP contribution in [0.3, 0.4) is 0 Å². The van der Waals surface area contributed by atoms with Gasteiger partial charge in [-0.25, -0.2) is 12.7 Å². The van der Waals surface area contributed by atoms with E-state index in [4.69, 9.17) is 4.42 Å². The van der Waals surface area contributed by atoms with Crippen LogP contribution in [0.2, 0.25) is 0 Å². The van der Waals surface area contributed by atoms with Gasteiger partial charge in [0.2, 0.25) is 15.9 Å². The zero-order chi connectivity index (χ0) is 16.9. The van der Waals surface area contributed by atoms with E-state index in [0.29, 0.717) is 18.8 Å². The van der Waals surface area contributed by atoms with Crippen molar-refractivity contribution in [3.63, 3.8) is 0 Å². The summed E-state index contributed by atoms with van der Waals surface area (Å²) in [6.07, 6.45) is 1.61. The van der Waals surface area contributed by atoms with E-state index in [-0.39, 0.29) is 12.3 Å². The first-order valence-corrected chi connectivity index (χ1v) is 8.98. The number of carbonyl (C=O) groups excluding carboxylic acids is 1. The van der Waals surface area contributed by atoms with Gasteiger partial charge in [-0.3, -0.25) is 4.79 Å². The van der Waals surface area contributed by atoms with Gasteiger partial charge in [-0.05, 0) is 32.9 Å². The molecule has 0 bridgehead atoms. The van der Waals surface area contributed by atoms with Crippen molar-refractivity contribution in [1.82, 2.24) is 9.21 Å². The number of rotatable bonds is 8. The van der Waals surface area contributed by atoms with E-state index in [9.17, 15) is 13.2 Å². The number of nitrogens with zero attached hydrogens (tertiary/aromatic N) is 2. The highest BCUT2D eigenvalue weighted by Gasteiger charge is 2.35. The van der Waals surface area contributed by atoms with E-state index in [0.717, 1.165) is 0 Å². The van der Waals surface area contributed by atoms with Crippen LogP contribution >= 0.6 is 0 Å². The Morgan fingerprint density at radius 3 is 2.27 bits per heavy atom. The molecule has 1 aromatic rings. The van der Waals surface area contributed by atoms with Gasteiger partial charge >= 0.3 is 0 Å². The lowest BCUT2D eigenvalue weighted by molar-refractivity contribution is -0.131. The van der Waals surface area contributed by atoms with Crippen molar-refractivity contribution in [2.45, 2.75) is 38.4 Å². The van der Waals surface area contributed by atoms with Crippen LogP contribution in [0.15, 0.2) is 22.8 Å². The van der Waals surface area contributed by atoms with Gasteiger partial charge in [0.05, 0.1) is 11.5 Å². The molecule has 1 rings (SSSR count). The summed E-state index contributed by atoms with van der Waals surface area (Å²) in [6, 6.07) is 3.43. The maximum Gasteiger partial charge on any atom is 0.223 e. The summed E-state index contributed by atoms with van der Waals surface area (Å²) in [6.45, 7) is 6.65. The predicted octanol–water partition coefficient (Wildman–Crippen LogP) is 1.90. The molecule has 7 heteroatoms. The normalized spacial score (nSPS) is 14.8. The van der Waals surface area contributed by atoms with Crippen molar-refractivity contribution in [3.8, 4) is 0 Å². The van der Waals surface area contributed by atoms with Crippen LogP contribution in [0.25, 0.3) is 0 Å². The third-order valence-electron chi connectivity index (χ3n) is 3.96. The third-order valence-corrected chi connectivity index (χ3v) is 6.25. The van der Waals surface area contributed by atoms with Crippen molar-refractivity contribution >= 4 is 15.9 Å². The lowest BCUT2D eigenvalue weighted by Gasteiger charge is -2.27. The van der Waals surface area contributed by atoms with E-state index in [2.05, 4.69) is 0 Å². The molecule has 1 amide bonds. The second kappa shape index (κ2) is 7.78. The molecule has 2 atom stereocenters. The molecule has 0 saturated carbocycles. The summed E-state index contributed by atoms with van der Waals surface area (Å²) in [5.41, 5.74) is 0. The van der Waals surface area contributed by atoms with E-state index in [1.807, 2.05) is 13.8 Å². The molecule has 0 saturated heterocycles. The van der Waals surface area contributed by atoms with Crippen molar-refractivity contribution in [2.24, 2.45) is 0 Å². The Balaban J connectivity index is 3.08. The van der Waals surface area contributed by atoms with Crippen LogP contribution in [0.1, 0.15) is 38.9 Å². The summed E-state index contributed by atoms with van der Waals surface area (Å²) >= 11 is 0. The van der Waals surface area contributed by atoms with Crippen LogP contribution in [0, 0.1) is 0 Å². The van der Waals surface area contributed by atoms with Crippen LogP contribution in [0.5, 0.6) is 0 Å². The van der Waals surface area contributed by atoms with Crippen molar-refractivity contribution < 1.29 is 17.6 Å². The maximum atomic E-state index is 12.4. The SMILES string of the molecule is CCN(CC)C(=O)C[C@H](c1ccco1)[C@H](C)S(=O)(=O)N(C)C. The summed E-state index contributed by atoms with van der Waals surface area (Å²) in [4.78, 5) is 14.1. The molecule has 0 fully saturated rings. The van der Waals surface area contributed by atoms with Gasteiger partial charge in [-0.2, -0.15) is 0 Å². The number of carbonyl (C=O) groups is 1. The minimum atomic E-state index is -3.48. The highest BCUT2D eigenvalue weighted by Crippen LogP contribution is 2.30. The highest BCUT2D eigenvalue weighted by atomic mass is 32.2. The average Bonchev–Trinajstić information content (AvgIpc) is 2.99. The molecule has 1 aromatic heterocycles. The topological polar surface area (TPSA) is 70.8 Å². The molecule has 6 nitrogen and oxygen atoms in total. The summed E-state index contributed by atoms with van der Waals surface area (Å²) in [7, 11) is -0.490. The molecular weight excluding hydrogens is 304 g/mol. The fourth-order valence-electron chi connectivity index (χ4n) is 2.43. The molecule has 126 valence electrons. The zero-order valence-corrected chi connectivity index (χ0v) is 14.8. The lowest BCUT2D eigenvalue weighted by atomic mass is 9.98. The first-order valence-electron chi connectivity index (χ1n) is 7.48. The minimum Gasteiger partial charge on any atom is -0.469 e. The molecule has 0 aliphatic heterocycles. The summed E-state index contributed by atoms with van der Waals surface area (Å²) in [5, 5.41) is -0.742. The molecular formula is C15H26N2O4S. The molecule has 0 spiro atoms. The molecule has 1 heterocycles. The van der Waals surface area contributed by atoms with Crippen LogP contribution in [0.4, 0.5) is 0 Å². The number of sulfonamides is 1. The number of hydrogen-bond donors (Lipinski definition) is 0. The Bertz CT molecular complexity index is 562. The Morgan fingerprint density at radius 2 is 1.86 bits per heavy atom. The standard InChI is InChI=1S/C15H26N2O4S/c1-6-17(7-2)15(18)11-13(14-9-8-10-21-14)12(3)22(19,20)16(4)5/h8-10,12-13H,6-7,11H2,1-5H3/t12-,13-/m0/s1. The second-order valence-electron chi connectivity index (χ2n) is 5.42. The molecule has 0 radical (unpaired) electrons. The lowest BCUT2D eigenvalue weighted by Crippen LogP contribution is -2.38. The predicted molar refractivity (Wildman–Crippen MR) is 86.1 cm³/mol. The molecule has 0 unspecified atom stereocenters. The van der Waals surface area contributed by atoms with Gasteiger partial charge in [0.15, 0.2) is 0 Å². The third kappa shape index (κ3) is 4.10. The van der Waals surface area contributed by atoms with Crippen LogP contribution in [-0.2, 0) is 14.8 Å². The van der Waals surface area contributed by atoms with Crippen molar-refractivity contribution in [2.75, 3.05) is 27.2 Å². The molecule has 22 heavy (non-hydrogen) atoms. The smallest absolute Gasteiger partial charge is 0.223 e. The maximum absolute atomic E-state index is 12.4. The van der Waals surface area contributed by atoms with E-state index in [1.54, 1.807) is 24.0 Å². The Hall–Kier alpha value is -1.34. The Kier molecular flexibility index (Phi) is 6.62. The number of hydrogen-bond acceptors (Lipinski definition) is 4. The monoisotopic (exact) mass is 330 g/mol. The molecule has 0 aliphatic carbocycles. The van der Waals surface area contributed by atoms with Gasteiger partial charge in [0.25, 0.3) is 0 Å². The Labute approximate surface area is 133 Å². The van der Waals surface area contributed by atoms with Crippen LogP contribution < -0.4 is 0 Å². The second-order valence-corrected chi connectivity index (χ2v) is 7.93. The largest absolute Gasteiger partial charge is 0.469 e. The number of amides is 1. The first kappa shape index (κ1) is 18.7. The van der Waals surface area contributed by atoms with Gasteiger partial charge < -0.3 is 9.32 Å². The first-order chi connectivity index (χ1) is 10.3. The van der Waals surface area contributed by atoms with Crippen molar-refractivity contribution in [3.05, 3.63) is 24.2 Å². The summed E-state index contributed by atoms with van der Waals surface area (Å²) in [5.74, 6) is -0.0406. The van der Waals surface area contributed by atoms with Gasteiger partial charge in [0.1, 0.15) is 5.76 Å². The fourth-order valence-corrected chi connectivity index (χ4v) is 3.74. The highest BCUT2D eigenvalue weighted by molar-refractivity contribution is 7.89.